The van der Waals surface area contributed by atoms with Gasteiger partial charge in [-0.25, -0.2) is 0 Å². The van der Waals surface area contributed by atoms with E-state index in [4.69, 9.17) is 0 Å². The molecule has 0 nitrogen and oxygen atoms in total. The Morgan fingerprint density at radius 3 is 1.29 bits per heavy atom. The maximum Gasteiger partial charge on any atom is 0 e. The van der Waals surface area contributed by atoms with Crippen molar-refractivity contribution in [1.29, 1.82) is 0 Å². The normalized spacial score (nSPS) is 9.50. The van der Waals surface area contributed by atoms with E-state index in [1.165, 1.54) is 33.4 Å². The van der Waals surface area contributed by atoms with Crippen molar-refractivity contribution in [3.63, 3.8) is 0 Å². The van der Waals surface area contributed by atoms with Crippen molar-refractivity contribution < 1.29 is 18.6 Å². The minimum absolute atomic E-state index is 0. The van der Waals surface area contributed by atoms with Crippen LogP contribution in [0, 0.1) is 34.6 Å². The molecule has 0 unspecified atom stereocenters. The Labute approximate surface area is 99.3 Å². The summed E-state index contributed by atoms with van der Waals surface area (Å²) in [7, 11) is 0. The number of hydrogen-bond acceptors (Lipinski definition) is 0. The van der Waals surface area contributed by atoms with Gasteiger partial charge in [-0.15, -0.1) is 0 Å². The topological polar surface area (TPSA) is 0 Å². The van der Waals surface area contributed by atoms with E-state index in [2.05, 4.69) is 41.2 Å². The molecule has 0 heterocycles. The zero-order valence-electron chi connectivity index (χ0n) is 9.73. The van der Waals surface area contributed by atoms with Crippen molar-refractivity contribution in [3.8, 4) is 0 Å². The first kappa shape index (κ1) is 13.5. The Bertz CT molecular complexity index is 333. The second-order valence-corrected chi connectivity index (χ2v) is 3.74. The molecule has 1 aromatic rings. The molecule has 75 valence electrons. The SMILES string of the molecule is C=Cc1c(C)c(C)c(C)c(C)c1C.[V]. The second-order valence-electron chi connectivity index (χ2n) is 3.74. The molecule has 14 heavy (non-hydrogen) atoms. The third-order valence-electron chi connectivity index (χ3n) is 3.26. The molecule has 0 saturated heterocycles. The van der Waals surface area contributed by atoms with E-state index >= 15 is 0 Å². The Balaban J connectivity index is 0.00000169. The van der Waals surface area contributed by atoms with Crippen LogP contribution >= 0.6 is 0 Å². The van der Waals surface area contributed by atoms with E-state index in [9.17, 15) is 0 Å². The third kappa shape index (κ3) is 1.97. The van der Waals surface area contributed by atoms with Crippen LogP contribution in [0.15, 0.2) is 6.58 Å². The summed E-state index contributed by atoms with van der Waals surface area (Å²) in [5, 5.41) is 0. The molecule has 1 heteroatoms. The van der Waals surface area contributed by atoms with Crippen LogP contribution in [-0.4, -0.2) is 0 Å². The summed E-state index contributed by atoms with van der Waals surface area (Å²) in [6.45, 7) is 14.8. The van der Waals surface area contributed by atoms with E-state index in [1.807, 2.05) is 6.08 Å². The summed E-state index contributed by atoms with van der Waals surface area (Å²) in [5.41, 5.74) is 8.27. The molecule has 0 bridgehead atoms. The van der Waals surface area contributed by atoms with Crippen LogP contribution in [0.1, 0.15) is 33.4 Å². The Hall–Kier alpha value is -0.456. The zero-order chi connectivity index (χ0) is 10.2. The van der Waals surface area contributed by atoms with Gasteiger partial charge in [0, 0.05) is 18.6 Å². The first-order valence-corrected chi connectivity index (χ1v) is 4.70. The number of hydrogen-bond donors (Lipinski definition) is 0. The van der Waals surface area contributed by atoms with Crippen LogP contribution in [0.25, 0.3) is 6.08 Å². The molecule has 0 fully saturated rings. The smallest absolute Gasteiger partial charge is 0 e. The molecule has 0 aromatic heterocycles. The predicted octanol–water partition coefficient (Wildman–Crippen LogP) is 3.87. The average molecular weight is 225 g/mol. The maximum absolute atomic E-state index is 3.86. The van der Waals surface area contributed by atoms with Crippen LogP contribution < -0.4 is 0 Å². The summed E-state index contributed by atoms with van der Waals surface area (Å²) >= 11 is 0. The first-order chi connectivity index (χ1) is 6.00. The van der Waals surface area contributed by atoms with Crippen LogP contribution in [0.5, 0.6) is 0 Å². The van der Waals surface area contributed by atoms with Gasteiger partial charge in [-0.05, 0) is 68.0 Å². The van der Waals surface area contributed by atoms with Crippen LogP contribution in [0.4, 0.5) is 0 Å². The van der Waals surface area contributed by atoms with E-state index in [0.717, 1.165) is 0 Å². The summed E-state index contributed by atoms with van der Waals surface area (Å²) < 4.78 is 0. The Kier molecular flexibility index (Phi) is 4.70. The van der Waals surface area contributed by atoms with Gasteiger partial charge >= 0.3 is 0 Å². The summed E-state index contributed by atoms with van der Waals surface area (Å²) in [4.78, 5) is 0. The Morgan fingerprint density at radius 2 is 1.00 bits per heavy atom. The van der Waals surface area contributed by atoms with E-state index in [0.29, 0.717) is 0 Å². The first-order valence-electron chi connectivity index (χ1n) is 4.70. The fraction of sp³-hybridized carbons (Fsp3) is 0.385. The van der Waals surface area contributed by atoms with Gasteiger partial charge in [-0.2, -0.15) is 0 Å². The third-order valence-corrected chi connectivity index (χ3v) is 3.26. The molecule has 0 aliphatic rings. The van der Waals surface area contributed by atoms with Crippen molar-refractivity contribution in [2.45, 2.75) is 34.6 Å². The molecule has 1 rings (SSSR count). The number of benzene rings is 1. The minimum Gasteiger partial charge on any atom is -0.0984 e. The summed E-state index contributed by atoms with van der Waals surface area (Å²) in [6.07, 6.45) is 1.96. The van der Waals surface area contributed by atoms with Gasteiger partial charge in [-0.3, -0.25) is 0 Å². The van der Waals surface area contributed by atoms with Crippen LogP contribution in [0.2, 0.25) is 0 Å². The van der Waals surface area contributed by atoms with Gasteiger partial charge in [0.2, 0.25) is 0 Å². The van der Waals surface area contributed by atoms with Crippen LogP contribution in [-0.2, 0) is 18.6 Å². The standard InChI is InChI=1S/C13H18.V/c1-7-13-11(5)9(3)8(2)10(4)12(13)6;/h7H,1H2,2-6H3;. The van der Waals surface area contributed by atoms with Gasteiger partial charge in [-0.1, -0.05) is 12.7 Å². The molecule has 1 radical (unpaired) electrons. The van der Waals surface area contributed by atoms with Crippen molar-refractivity contribution in [2.24, 2.45) is 0 Å². The molecule has 0 atom stereocenters. The minimum atomic E-state index is 0. The monoisotopic (exact) mass is 225 g/mol. The fourth-order valence-corrected chi connectivity index (χ4v) is 1.84. The molecule has 0 aliphatic carbocycles. The van der Waals surface area contributed by atoms with Gasteiger partial charge in [0.05, 0.1) is 0 Å². The van der Waals surface area contributed by atoms with Gasteiger partial charge in [0.25, 0.3) is 0 Å². The van der Waals surface area contributed by atoms with Crippen molar-refractivity contribution in [2.75, 3.05) is 0 Å². The predicted molar refractivity (Wildman–Crippen MR) is 60.2 cm³/mol. The van der Waals surface area contributed by atoms with E-state index < -0.39 is 0 Å². The largest absolute Gasteiger partial charge is 0.0984 e. The van der Waals surface area contributed by atoms with Crippen LogP contribution in [0.3, 0.4) is 0 Å². The number of rotatable bonds is 1. The van der Waals surface area contributed by atoms with Crippen molar-refractivity contribution >= 4 is 6.08 Å². The molecular formula is C13H18V. The Morgan fingerprint density at radius 1 is 0.714 bits per heavy atom. The summed E-state index contributed by atoms with van der Waals surface area (Å²) in [6, 6.07) is 0. The van der Waals surface area contributed by atoms with E-state index in [1.54, 1.807) is 0 Å². The van der Waals surface area contributed by atoms with Crippen molar-refractivity contribution in [1.82, 2.24) is 0 Å². The molecular weight excluding hydrogens is 207 g/mol. The van der Waals surface area contributed by atoms with Gasteiger partial charge < -0.3 is 0 Å². The average Bonchev–Trinajstić information content (AvgIpc) is 2.13. The molecule has 0 amide bonds. The molecule has 1 aromatic carbocycles. The quantitative estimate of drug-likeness (QED) is 0.680. The summed E-state index contributed by atoms with van der Waals surface area (Å²) in [5.74, 6) is 0. The molecule has 0 N–H and O–H groups in total. The molecule has 0 saturated carbocycles. The van der Waals surface area contributed by atoms with Crippen molar-refractivity contribution in [3.05, 3.63) is 40.0 Å². The van der Waals surface area contributed by atoms with E-state index in [-0.39, 0.29) is 18.6 Å². The molecule has 0 spiro atoms. The maximum atomic E-state index is 3.86. The van der Waals surface area contributed by atoms with Gasteiger partial charge in [0.15, 0.2) is 0 Å². The molecule has 0 aliphatic heterocycles. The fourth-order valence-electron chi connectivity index (χ4n) is 1.84. The zero-order valence-corrected chi connectivity index (χ0v) is 11.1. The second kappa shape index (κ2) is 4.86. The van der Waals surface area contributed by atoms with Gasteiger partial charge in [0.1, 0.15) is 0 Å².